The molecule has 2 heterocycles. The predicted octanol–water partition coefficient (Wildman–Crippen LogP) is 8.04. The number of aromatic amines is 1. The van der Waals surface area contributed by atoms with Crippen LogP contribution in [0.15, 0.2) is 101 Å². The van der Waals surface area contributed by atoms with Gasteiger partial charge in [0.2, 0.25) is 0 Å². The van der Waals surface area contributed by atoms with E-state index in [9.17, 15) is 0 Å². The van der Waals surface area contributed by atoms with Gasteiger partial charge in [-0.3, -0.25) is 0 Å². The van der Waals surface area contributed by atoms with Gasteiger partial charge in [0.25, 0.3) is 0 Å². The Hall–Kier alpha value is -4.04. The summed E-state index contributed by atoms with van der Waals surface area (Å²) < 4.78 is 6.00. The molecule has 0 aliphatic carbocycles. The molecule has 140 valence electrons. The third-order valence-corrected chi connectivity index (χ3v) is 6.20. The van der Waals surface area contributed by atoms with Crippen LogP contribution in [0.5, 0.6) is 0 Å². The molecule has 0 aliphatic heterocycles. The minimum absolute atomic E-state index is 0.930. The third-order valence-electron chi connectivity index (χ3n) is 6.20. The van der Waals surface area contributed by atoms with Gasteiger partial charge in [-0.1, -0.05) is 60.7 Å². The Morgan fingerprint density at radius 1 is 0.500 bits per heavy atom. The molecule has 0 saturated carbocycles. The lowest BCUT2D eigenvalue weighted by atomic mass is 9.99. The molecule has 2 aromatic heterocycles. The van der Waals surface area contributed by atoms with Crippen LogP contribution in [-0.4, -0.2) is 4.98 Å². The molecule has 0 radical (unpaired) electrons. The first-order valence-electron chi connectivity index (χ1n) is 10.2. The van der Waals surface area contributed by atoms with E-state index < -0.39 is 0 Å². The molecule has 0 atom stereocenters. The number of hydrogen-bond acceptors (Lipinski definition) is 1. The molecule has 2 nitrogen and oxygen atoms in total. The molecule has 30 heavy (non-hydrogen) atoms. The minimum Gasteiger partial charge on any atom is -0.456 e. The Morgan fingerprint density at radius 3 is 2.13 bits per heavy atom. The summed E-state index contributed by atoms with van der Waals surface area (Å²) in [6.07, 6.45) is 0. The topological polar surface area (TPSA) is 28.9 Å². The zero-order valence-corrected chi connectivity index (χ0v) is 16.1. The second kappa shape index (κ2) is 5.74. The largest absolute Gasteiger partial charge is 0.456 e. The number of para-hydroxylation sites is 1. The van der Waals surface area contributed by atoms with E-state index in [1.807, 2.05) is 12.1 Å². The average Bonchev–Trinajstić information content (AvgIpc) is 3.36. The van der Waals surface area contributed by atoms with E-state index in [4.69, 9.17) is 4.42 Å². The first-order valence-corrected chi connectivity index (χ1v) is 10.2. The molecule has 0 amide bonds. The van der Waals surface area contributed by atoms with Gasteiger partial charge in [-0.25, -0.2) is 0 Å². The van der Waals surface area contributed by atoms with E-state index in [2.05, 4.69) is 89.9 Å². The van der Waals surface area contributed by atoms with Crippen LogP contribution in [0.1, 0.15) is 0 Å². The number of hydrogen-bond donors (Lipinski definition) is 1. The molecular formula is C28H17NO. The van der Waals surface area contributed by atoms with Gasteiger partial charge in [0, 0.05) is 32.6 Å². The fraction of sp³-hybridized carbons (Fsp3) is 0. The molecule has 0 aliphatic rings. The van der Waals surface area contributed by atoms with Gasteiger partial charge in [-0.15, -0.1) is 0 Å². The molecular weight excluding hydrogens is 366 g/mol. The Labute approximate surface area is 172 Å². The first kappa shape index (κ1) is 15.8. The average molecular weight is 383 g/mol. The summed E-state index contributed by atoms with van der Waals surface area (Å²) in [6, 6.07) is 34.4. The van der Waals surface area contributed by atoms with Crippen molar-refractivity contribution in [3.05, 3.63) is 97.1 Å². The lowest BCUT2D eigenvalue weighted by Crippen LogP contribution is -1.79. The fourth-order valence-corrected chi connectivity index (χ4v) is 4.76. The minimum atomic E-state index is 0.930. The van der Waals surface area contributed by atoms with Crippen LogP contribution >= 0.6 is 0 Å². The van der Waals surface area contributed by atoms with Crippen molar-refractivity contribution in [3.8, 4) is 11.1 Å². The number of H-pyrrole nitrogens is 1. The lowest BCUT2D eigenvalue weighted by Gasteiger charge is -2.04. The van der Waals surface area contributed by atoms with Crippen molar-refractivity contribution < 1.29 is 4.42 Å². The van der Waals surface area contributed by atoms with Crippen molar-refractivity contribution in [3.63, 3.8) is 0 Å². The van der Waals surface area contributed by atoms with E-state index in [0.29, 0.717) is 0 Å². The number of fused-ring (bicyclic) bond motifs is 8. The van der Waals surface area contributed by atoms with Gasteiger partial charge in [-0.05, 0) is 58.3 Å². The summed E-state index contributed by atoms with van der Waals surface area (Å²) in [5.74, 6) is 0. The number of furan rings is 1. The molecule has 1 N–H and O–H groups in total. The summed E-state index contributed by atoms with van der Waals surface area (Å²) >= 11 is 0. The Balaban J connectivity index is 1.52. The summed E-state index contributed by atoms with van der Waals surface area (Å²) in [7, 11) is 0. The van der Waals surface area contributed by atoms with Gasteiger partial charge in [0.05, 0.1) is 0 Å². The number of aromatic nitrogens is 1. The van der Waals surface area contributed by atoms with Crippen molar-refractivity contribution in [1.29, 1.82) is 0 Å². The zero-order chi connectivity index (χ0) is 19.7. The van der Waals surface area contributed by atoms with Gasteiger partial charge < -0.3 is 9.40 Å². The van der Waals surface area contributed by atoms with Crippen LogP contribution in [0.4, 0.5) is 0 Å². The standard InChI is InChI=1S/C28H17NO/c1-2-6-20-17(5-1)9-13-25-28(20)23-16-18(10-12-24(23)29-25)19-11-14-27-22(15-19)21-7-3-4-8-26(21)30-27/h1-16,29H. The van der Waals surface area contributed by atoms with Gasteiger partial charge in [0.15, 0.2) is 0 Å². The van der Waals surface area contributed by atoms with Gasteiger partial charge in [0.1, 0.15) is 11.2 Å². The Kier molecular flexibility index (Phi) is 3.03. The van der Waals surface area contributed by atoms with Crippen LogP contribution in [-0.2, 0) is 0 Å². The lowest BCUT2D eigenvalue weighted by molar-refractivity contribution is 0.669. The van der Waals surface area contributed by atoms with Crippen LogP contribution in [0.25, 0.3) is 65.6 Å². The van der Waals surface area contributed by atoms with E-state index in [-0.39, 0.29) is 0 Å². The van der Waals surface area contributed by atoms with E-state index in [1.165, 1.54) is 43.7 Å². The highest BCUT2D eigenvalue weighted by Crippen LogP contribution is 2.36. The van der Waals surface area contributed by atoms with Crippen molar-refractivity contribution >= 4 is 54.5 Å². The van der Waals surface area contributed by atoms with Crippen molar-refractivity contribution in [2.24, 2.45) is 0 Å². The van der Waals surface area contributed by atoms with Crippen LogP contribution < -0.4 is 0 Å². The van der Waals surface area contributed by atoms with Gasteiger partial charge >= 0.3 is 0 Å². The van der Waals surface area contributed by atoms with Gasteiger partial charge in [-0.2, -0.15) is 0 Å². The van der Waals surface area contributed by atoms with E-state index >= 15 is 0 Å². The molecule has 5 aromatic carbocycles. The molecule has 0 bridgehead atoms. The molecule has 0 saturated heterocycles. The molecule has 0 spiro atoms. The van der Waals surface area contributed by atoms with E-state index in [1.54, 1.807) is 0 Å². The molecule has 2 heteroatoms. The van der Waals surface area contributed by atoms with Crippen LogP contribution in [0.3, 0.4) is 0 Å². The van der Waals surface area contributed by atoms with Crippen molar-refractivity contribution in [1.82, 2.24) is 4.98 Å². The second-order valence-corrected chi connectivity index (χ2v) is 7.90. The molecule has 7 aromatic rings. The quantitative estimate of drug-likeness (QED) is 0.305. The highest BCUT2D eigenvalue weighted by Gasteiger charge is 2.11. The zero-order valence-electron chi connectivity index (χ0n) is 16.1. The SMILES string of the molecule is c1ccc2c(c1)ccc1[nH]c3ccc(-c4ccc5oc6ccccc6c5c4)cc3c12. The molecule has 0 fully saturated rings. The highest BCUT2D eigenvalue weighted by atomic mass is 16.3. The normalized spacial score (nSPS) is 12.0. The maximum absolute atomic E-state index is 6.00. The summed E-state index contributed by atoms with van der Waals surface area (Å²) in [4.78, 5) is 3.58. The summed E-state index contributed by atoms with van der Waals surface area (Å²) in [5.41, 5.74) is 6.62. The first-order chi connectivity index (χ1) is 14.8. The van der Waals surface area contributed by atoms with Crippen molar-refractivity contribution in [2.45, 2.75) is 0 Å². The fourth-order valence-electron chi connectivity index (χ4n) is 4.76. The Morgan fingerprint density at radius 2 is 1.20 bits per heavy atom. The van der Waals surface area contributed by atoms with Crippen LogP contribution in [0, 0.1) is 0 Å². The highest BCUT2D eigenvalue weighted by molar-refractivity contribution is 6.20. The van der Waals surface area contributed by atoms with Crippen LogP contribution in [0.2, 0.25) is 0 Å². The maximum Gasteiger partial charge on any atom is 0.135 e. The molecule has 0 unspecified atom stereocenters. The number of nitrogens with one attached hydrogen (secondary N) is 1. The summed E-state index contributed by atoms with van der Waals surface area (Å²) in [5, 5.41) is 7.43. The monoisotopic (exact) mass is 383 g/mol. The number of benzene rings is 5. The van der Waals surface area contributed by atoms with E-state index in [0.717, 1.165) is 21.9 Å². The molecule has 7 rings (SSSR count). The maximum atomic E-state index is 6.00. The van der Waals surface area contributed by atoms with Crippen molar-refractivity contribution in [2.75, 3.05) is 0 Å². The predicted molar refractivity (Wildman–Crippen MR) is 126 cm³/mol. The third kappa shape index (κ3) is 2.13. The summed E-state index contributed by atoms with van der Waals surface area (Å²) in [6.45, 7) is 0. The number of rotatable bonds is 1. The Bertz CT molecular complexity index is 1750. The smallest absolute Gasteiger partial charge is 0.135 e. The second-order valence-electron chi connectivity index (χ2n) is 7.90.